The molecule has 168 valence electrons. The fourth-order valence-corrected chi connectivity index (χ4v) is 4.58. The Morgan fingerprint density at radius 1 is 1.09 bits per heavy atom. The van der Waals surface area contributed by atoms with Crippen molar-refractivity contribution in [1.29, 1.82) is 0 Å². The Bertz CT molecular complexity index is 1000. The largest absolute Gasteiger partial charge is 0.327 e. The third kappa shape index (κ3) is 4.38. The van der Waals surface area contributed by atoms with Crippen LogP contribution in [0.4, 0.5) is 10.7 Å². The molecule has 0 spiro atoms. The molecule has 7 heteroatoms. The molecule has 1 saturated heterocycles. The lowest BCUT2D eigenvalue weighted by molar-refractivity contribution is -0.119. The summed E-state index contributed by atoms with van der Waals surface area (Å²) in [5, 5.41) is 0. The number of hydrogen-bond acceptors (Lipinski definition) is 5. The van der Waals surface area contributed by atoms with Crippen molar-refractivity contribution < 1.29 is 9.59 Å². The van der Waals surface area contributed by atoms with Gasteiger partial charge in [-0.15, -0.1) is 0 Å². The molecule has 3 heterocycles. The molecule has 2 saturated carbocycles. The molecule has 2 aromatic heterocycles. The van der Waals surface area contributed by atoms with Crippen molar-refractivity contribution in [3.8, 4) is 0 Å². The maximum Gasteiger partial charge on any atom is 0.327 e. The van der Waals surface area contributed by atoms with Crippen molar-refractivity contribution in [3.63, 3.8) is 0 Å². The number of urea groups is 1. The third-order valence-corrected chi connectivity index (χ3v) is 7.11. The lowest BCUT2D eigenvalue weighted by Crippen LogP contribution is -2.42. The van der Waals surface area contributed by atoms with E-state index in [1.165, 1.54) is 31.2 Å². The van der Waals surface area contributed by atoms with Crippen LogP contribution in [0.3, 0.4) is 0 Å². The Hall–Kier alpha value is -2.83. The lowest BCUT2D eigenvalue weighted by atomic mass is 9.98. The average molecular weight is 434 g/mol. The number of carbonyl (C=O) groups is 2. The van der Waals surface area contributed by atoms with Gasteiger partial charge in [-0.1, -0.05) is 20.3 Å². The minimum Gasteiger partial charge on any atom is -0.312 e. The van der Waals surface area contributed by atoms with Crippen molar-refractivity contribution in [2.75, 3.05) is 18.0 Å². The van der Waals surface area contributed by atoms with Gasteiger partial charge in [-0.3, -0.25) is 14.7 Å². The van der Waals surface area contributed by atoms with Gasteiger partial charge in [0.05, 0.1) is 25.6 Å². The van der Waals surface area contributed by atoms with Gasteiger partial charge in [0.25, 0.3) is 0 Å². The predicted octanol–water partition coefficient (Wildman–Crippen LogP) is 4.09. The molecule has 0 N–H and O–H groups in total. The van der Waals surface area contributed by atoms with Crippen LogP contribution in [-0.4, -0.2) is 50.8 Å². The second kappa shape index (κ2) is 8.60. The quantitative estimate of drug-likeness (QED) is 0.595. The first-order valence-corrected chi connectivity index (χ1v) is 11.9. The number of aromatic nitrogens is 3. The summed E-state index contributed by atoms with van der Waals surface area (Å²) in [6.07, 6.45) is 11.5. The molecular weight excluding hydrogens is 402 g/mol. The van der Waals surface area contributed by atoms with E-state index < -0.39 is 0 Å². The first kappa shape index (κ1) is 21.0. The van der Waals surface area contributed by atoms with Crippen molar-refractivity contribution in [2.24, 2.45) is 5.92 Å². The van der Waals surface area contributed by atoms with Crippen LogP contribution in [0.2, 0.25) is 0 Å². The molecule has 1 aliphatic heterocycles. The monoisotopic (exact) mass is 433 g/mol. The number of rotatable bonds is 9. The smallest absolute Gasteiger partial charge is 0.312 e. The van der Waals surface area contributed by atoms with Crippen LogP contribution in [0.15, 0.2) is 30.7 Å². The maximum absolute atomic E-state index is 13.3. The zero-order valence-corrected chi connectivity index (χ0v) is 18.9. The number of Topliss-reactive ketones (excluding diaryl/α,β-unsaturated/α-hetero) is 1. The minimum atomic E-state index is -0.178. The number of anilines is 1. The highest BCUT2D eigenvalue weighted by molar-refractivity contribution is 5.96. The van der Waals surface area contributed by atoms with Gasteiger partial charge in [0.1, 0.15) is 0 Å². The fraction of sp³-hybridized carbons (Fsp3) is 0.560. The molecular formula is C25H31N5O2. The topological polar surface area (TPSA) is 79.3 Å². The van der Waals surface area contributed by atoms with Crippen LogP contribution >= 0.6 is 0 Å². The number of nitrogens with zero attached hydrogens (tertiary/aromatic N) is 5. The molecule has 3 fully saturated rings. The summed E-state index contributed by atoms with van der Waals surface area (Å²) in [6.45, 7) is 4.86. The molecule has 2 amide bonds. The Morgan fingerprint density at radius 2 is 1.78 bits per heavy atom. The molecule has 0 unspecified atom stereocenters. The Balaban J connectivity index is 1.29. The summed E-state index contributed by atoms with van der Waals surface area (Å²) in [7, 11) is 0. The van der Waals surface area contributed by atoms with Crippen LogP contribution in [0, 0.1) is 5.92 Å². The van der Waals surface area contributed by atoms with E-state index in [-0.39, 0.29) is 36.7 Å². The van der Waals surface area contributed by atoms with Crippen LogP contribution in [0.1, 0.15) is 74.6 Å². The third-order valence-electron chi connectivity index (χ3n) is 7.11. The van der Waals surface area contributed by atoms with Crippen LogP contribution < -0.4 is 4.90 Å². The number of carbonyl (C=O) groups excluding carboxylic acids is 2. The molecule has 5 rings (SSSR count). The molecule has 0 aromatic carbocycles. The van der Waals surface area contributed by atoms with Crippen LogP contribution in [-0.2, 0) is 11.2 Å². The van der Waals surface area contributed by atoms with E-state index in [0.717, 1.165) is 17.7 Å². The number of amides is 2. The van der Waals surface area contributed by atoms with Crippen molar-refractivity contribution in [1.82, 2.24) is 19.9 Å². The Morgan fingerprint density at radius 3 is 2.44 bits per heavy atom. The summed E-state index contributed by atoms with van der Waals surface area (Å²) in [5.41, 5.74) is 3.21. The summed E-state index contributed by atoms with van der Waals surface area (Å²) >= 11 is 0. The zero-order valence-electron chi connectivity index (χ0n) is 18.9. The fourth-order valence-electron chi connectivity index (χ4n) is 4.58. The average Bonchev–Trinajstić information content (AvgIpc) is 3.72. The number of pyridine rings is 1. The summed E-state index contributed by atoms with van der Waals surface area (Å²) in [5.74, 6) is 1.92. The molecule has 32 heavy (non-hydrogen) atoms. The highest BCUT2D eigenvalue weighted by Crippen LogP contribution is 2.40. The lowest BCUT2D eigenvalue weighted by Gasteiger charge is -2.26. The van der Waals surface area contributed by atoms with Gasteiger partial charge >= 0.3 is 6.03 Å². The van der Waals surface area contributed by atoms with E-state index >= 15 is 0 Å². The Kier molecular flexibility index (Phi) is 5.66. The van der Waals surface area contributed by atoms with Crippen molar-refractivity contribution in [3.05, 3.63) is 47.5 Å². The molecule has 2 aromatic rings. The molecule has 3 aliphatic rings. The normalized spacial score (nSPS) is 21.8. The first-order chi connectivity index (χ1) is 15.5. The number of hydrogen-bond donors (Lipinski definition) is 0. The first-order valence-electron chi connectivity index (χ1n) is 11.9. The van der Waals surface area contributed by atoms with Gasteiger partial charge in [-0.25, -0.2) is 14.8 Å². The zero-order chi connectivity index (χ0) is 22.2. The highest BCUT2D eigenvalue weighted by atomic mass is 16.2. The van der Waals surface area contributed by atoms with E-state index in [9.17, 15) is 9.59 Å². The maximum atomic E-state index is 13.3. The van der Waals surface area contributed by atoms with E-state index in [4.69, 9.17) is 0 Å². The predicted molar refractivity (Wildman–Crippen MR) is 122 cm³/mol. The minimum absolute atomic E-state index is 0.0129. The SMILES string of the molecule is CC[C@H](C)[C@H]1CN(c2ncc(C3CC3)cn2)C(=O)N1CC(=O)Cc1cc(C2CC2)ccn1. The summed E-state index contributed by atoms with van der Waals surface area (Å²) in [6, 6.07) is 3.88. The standard InChI is InChI=1S/C25H31N5O2/c1-3-16(2)23-15-30(24-27-12-20(13-28-24)18-6-7-18)25(32)29(23)14-22(31)11-21-10-19(8-9-26-21)17-4-5-17/h8-10,12-13,16-18,23H,3-7,11,14-15H2,1-2H3/t16-,23+/m0/s1. The molecule has 2 atom stereocenters. The second-order valence-electron chi connectivity index (χ2n) is 9.63. The van der Waals surface area contributed by atoms with E-state index in [1.807, 2.05) is 18.5 Å². The summed E-state index contributed by atoms with van der Waals surface area (Å²) in [4.78, 5) is 43.0. The van der Waals surface area contributed by atoms with E-state index in [1.54, 1.807) is 16.0 Å². The summed E-state index contributed by atoms with van der Waals surface area (Å²) < 4.78 is 0. The molecule has 7 nitrogen and oxygen atoms in total. The van der Waals surface area contributed by atoms with Crippen LogP contribution in [0.5, 0.6) is 0 Å². The van der Waals surface area contributed by atoms with Gasteiger partial charge in [-0.05, 0) is 66.7 Å². The highest BCUT2D eigenvalue weighted by Gasteiger charge is 2.42. The van der Waals surface area contributed by atoms with Gasteiger partial charge in [0, 0.05) is 24.3 Å². The van der Waals surface area contributed by atoms with E-state index in [0.29, 0.717) is 24.3 Å². The Labute approximate surface area is 189 Å². The van der Waals surface area contributed by atoms with Gasteiger partial charge in [0.2, 0.25) is 5.95 Å². The van der Waals surface area contributed by atoms with Gasteiger partial charge < -0.3 is 4.90 Å². The van der Waals surface area contributed by atoms with Gasteiger partial charge in [0.15, 0.2) is 5.78 Å². The number of ketones is 1. The second-order valence-corrected chi connectivity index (χ2v) is 9.63. The van der Waals surface area contributed by atoms with Crippen molar-refractivity contribution in [2.45, 2.75) is 70.3 Å². The van der Waals surface area contributed by atoms with Crippen molar-refractivity contribution >= 4 is 17.8 Å². The molecule has 0 radical (unpaired) electrons. The van der Waals surface area contributed by atoms with E-state index in [2.05, 4.69) is 34.9 Å². The van der Waals surface area contributed by atoms with Crippen LogP contribution in [0.25, 0.3) is 0 Å². The molecule has 2 aliphatic carbocycles. The van der Waals surface area contributed by atoms with Gasteiger partial charge in [-0.2, -0.15) is 0 Å². The molecule has 0 bridgehead atoms.